The van der Waals surface area contributed by atoms with Gasteiger partial charge in [0.15, 0.2) is 0 Å². The van der Waals surface area contributed by atoms with E-state index in [4.69, 9.17) is 5.11 Å². The number of carbonyl (C=O) groups excluding carboxylic acids is 2. The molecule has 0 fully saturated rings. The Balaban J connectivity index is 2.90. The number of aliphatic carboxylic acids is 1. The average molecular weight is 324 g/mol. The van der Waals surface area contributed by atoms with Gasteiger partial charge in [0.1, 0.15) is 17.9 Å². The molecular formula is C16H21FN2O4. The van der Waals surface area contributed by atoms with Crippen molar-refractivity contribution in [1.82, 2.24) is 10.6 Å². The normalized spacial score (nSPS) is 13.3. The van der Waals surface area contributed by atoms with Crippen molar-refractivity contribution in [2.24, 2.45) is 5.92 Å². The minimum Gasteiger partial charge on any atom is -0.480 e. The van der Waals surface area contributed by atoms with E-state index in [0.29, 0.717) is 5.56 Å². The Bertz CT molecular complexity index is 589. The van der Waals surface area contributed by atoms with E-state index in [1.807, 2.05) is 0 Å². The number of hydrogen-bond donors (Lipinski definition) is 3. The van der Waals surface area contributed by atoms with Crippen LogP contribution in [0.4, 0.5) is 4.39 Å². The van der Waals surface area contributed by atoms with Crippen molar-refractivity contribution >= 4 is 17.8 Å². The van der Waals surface area contributed by atoms with Crippen LogP contribution in [-0.2, 0) is 20.8 Å². The molecule has 126 valence electrons. The Labute approximate surface area is 134 Å². The van der Waals surface area contributed by atoms with Gasteiger partial charge in [0, 0.05) is 13.3 Å². The van der Waals surface area contributed by atoms with Gasteiger partial charge in [-0.3, -0.25) is 9.59 Å². The summed E-state index contributed by atoms with van der Waals surface area (Å²) in [5.41, 5.74) is 0.523. The van der Waals surface area contributed by atoms with E-state index in [1.54, 1.807) is 19.9 Å². The maximum atomic E-state index is 13.2. The van der Waals surface area contributed by atoms with Crippen LogP contribution in [0.25, 0.3) is 0 Å². The van der Waals surface area contributed by atoms with Crippen molar-refractivity contribution in [3.63, 3.8) is 0 Å². The lowest BCUT2D eigenvalue weighted by atomic mass is 10.0. The van der Waals surface area contributed by atoms with Crippen LogP contribution in [0.1, 0.15) is 26.3 Å². The molecule has 3 N–H and O–H groups in total. The smallest absolute Gasteiger partial charge is 0.326 e. The van der Waals surface area contributed by atoms with E-state index >= 15 is 0 Å². The van der Waals surface area contributed by atoms with Crippen LogP contribution in [0.2, 0.25) is 0 Å². The summed E-state index contributed by atoms with van der Waals surface area (Å²) in [5, 5.41) is 14.0. The first-order valence-corrected chi connectivity index (χ1v) is 7.25. The van der Waals surface area contributed by atoms with Crippen molar-refractivity contribution in [2.75, 3.05) is 0 Å². The predicted octanol–water partition coefficient (Wildman–Crippen LogP) is 1.10. The number of carbonyl (C=O) groups is 3. The van der Waals surface area contributed by atoms with Gasteiger partial charge < -0.3 is 15.7 Å². The standard InChI is InChI=1S/C16H21FN2O4/c1-9(2)14(16(22)23)19-15(21)13(18-10(3)20)8-11-5-4-6-12(17)7-11/h4-7,9,13-14H,8H2,1-3H3,(H,18,20)(H,19,21)(H,22,23)/t13-,14-/m0/s1. The fourth-order valence-electron chi connectivity index (χ4n) is 2.12. The van der Waals surface area contributed by atoms with Gasteiger partial charge in [0.25, 0.3) is 0 Å². The highest BCUT2D eigenvalue weighted by Crippen LogP contribution is 2.08. The fourth-order valence-corrected chi connectivity index (χ4v) is 2.12. The van der Waals surface area contributed by atoms with Crippen LogP contribution in [-0.4, -0.2) is 35.0 Å². The molecule has 0 bridgehead atoms. The van der Waals surface area contributed by atoms with Crippen molar-refractivity contribution in [3.8, 4) is 0 Å². The Morgan fingerprint density at radius 2 is 1.87 bits per heavy atom. The third-order valence-electron chi connectivity index (χ3n) is 3.25. The molecule has 1 aromatic carbocycles. The lowest BCUT2D eigenvalue weighted by Crippen LogP contribution is -2.53. The zero-order chi connectivity index (χ0) is 17.6. The summed E-state index contributed by atoms with van der Waals surface area (Å²) in [4.78, 5) is 34.8. The molecule has 0 heterocycles. The largest absolute Gasteiger partial charge is 0.480 e. The van der Waals surface area contributed by atoms with Crippen LogP contribution >= 0.6 is 0 Å². The third-order valence-corrected chi connectivity index (χ3v) is 3.25. The first-order valence-electron chi connectivity index (χ1n) is 7.25. The monoisotopic (exact) mass is 324 g/mol. The lowest BCUT2D eigenvalue weighted by Gasteiger charge is -2.23. The zero-order valence-electron chi connectivity index (χ0n) is 13.3. The molecule has 0 aliphatic carbocycles. The number of carboxylic acids is 1. The van der Waals surface area contributed by atoms with Gasteiger partial charge in [-0.25, -0.2) is 9.18 Å². The molecule has 0 radical (unpaired) electrons. The van der Waals surface area contributed by atoms with E-state index in [1.165, 1.54) is 25.1 Å². The quantitative estimate of drug-likeness (QED) is 0.700. The number of amides is 2. The van der Waals surface area contributed by atoms with Crippen molar-refractivity contribution < 1.29 is 23.9 Å². The molecule has 2 amide bonds. The van der Waals surface area contributed by atoms with E-state index in [2.05, 4.69) is 10.6 Å². The summed E-state index contributed by atoms with van der Waals surface area (Å²) in [6, 6.07) is 3.63. The molecule has 0 saturated carbocycles. The molecule has 0 aromatic heterocycles. The Morgan fingerprint density at radius 1 is 1.22 bits per heavy atom. The molecule has 0 aliphatic heterocycles. The molecule has 0 unspecified atom stereocenters. The van der Waals surface area contributed by atoms with Crippen molar-refractivity contribution in [1.29, 1.82) is 0 Å². The molecule has 0 aliphatic rings. The van der Waals surface area contributed by atoms with Gasteiger partial charge in [-0.1, -0.05) is 26.0 Å². The lowest BCUT2D eigenvalue weighted by molar-refractivity contribution is -0.143. The Morgan fingerprint density at radius 3 is 2.35 bits per heavy atom. The molecular weight excluding hydrogens is 303 g/mol. The number of carboxylic acid groups (broad SMARTS) is 1. The number of benzene rings is 1. The summed E-state index contributed by atoms with van der Waals surface area (Å²) < 4.78 is 13.2. The molecule has 6 nitrogen and oxygen atoms in total. The average Bonchev–Trinajstić information content (AvgIpc) is 2.42. The highest BCUT2D eigenvalue weighted by atomic mass is 19.1. The van der Waals surface area contributed by atoms with Crippen molar-refractivity contribution in [2.45, 2.75) is 39.3 Å². The molecule has 0 saturated heterocycles. The summed E-state index contributed by atoms with van der Waals surface area (Å²) in [7, 11) is 0. The Hall–Kier alpha value is -2.44. The van der Waals surface area contributed by atoms with Crippen LogP contribution < -0.4 is 10.6 Å². The van der Waals surface area contributed by atoms with Crippen LogP contribution in [0.5, 0.6) is 0 Å². The first-order chi connectivity index (χ1) is 10.7. The summed E-state index contributed by atoms with van der Waals surface area (Å²) in [5.74, 6) is -2.97. The van der Waals surface area contributed by atoms with Gasteiger partial charge in [-0.05, 0) is 23.6 Å². The molecule has 1 rings (SSSR count). The van der Waals surface area contributed by atoms with Crippen LogP contribution in [0.15, 0.2) is 24.3 Å². The number of nitrogens with one attached hydrogen (secondary N) is 2. The molecule has 23 heavy (non-hydrogen) atoms. The van der Waals surface area contributed by atoms with E-state index < -0.39 is 35.7 Å². The molecule has 0 spiro atoms. The SMILES string of the molecule is CC(=O)N[C@@H](Cc1cccc(F)c1)C(=O)N[C@H](C(=O)O)C(C)C. The van der Waals surface area contributed by atoms with Gasteiger partial charge in [-0.2, -0.15) is 0 Å². The van der Waals surface area contributed by atoms with E-state index in [0.717, 1.165) is 0 Å². The maximum Gasteiger partial charge on any atom is 0.326 e. The number of halogens is 1. The second kappa shape index (κ2) is 8.26. The van der Waals surface area contributed by atoms with E-state index in [9.17, 15) is 18.8 Å². The highest BCUT2D eigenvalue weighted by Gasteiger charge is 2.28. The van der Waals surface area contributed by atoms with Gasteiger partial charge in [-0.15, -0.1) is 0 Å². The van der Waals surface area contributed by atoms with Gasteiger partial charge >= 0.3 is 5.97 Å². The maximum absolute atomic E-state index is 13.2. The molecule has 1 aromatic rings. The summed E-state index contributed by atoms with van der Waals surface area (Å²) >= 11 is 0. The van der Waals surface area contributed by atoms with Crippen LogP contribution in [0, 0.1) is 11.7 Å². The topological polar surface area (TPSA) is 95.5 Å². The third kappa shape index (κ3) is 6.06. The second-order valence-electron chi connectivity index (χ2n) is 5.66. The van der Waals surface area contributed by atoms with Gasteiger partial charge in [0.2, 0.25) is 11.8 Å². The molecule has 2 atom stereocenters. The predicted molar refractivity (Wildman–Crippen MR) is 82.1 cm³/mol. The molecule has 7 heteroatoms. The van der Waals surface area contributed by atoms with Gasteiger partial charge in [0.05, 0.1) is 0 Å². The van der Waals surface area contributed by atoms with E-state index in [-0.39, 0.29) is 12.3 Å². The van der Waals surface area contributed by atoms with Crippen molar-refractivity contribution in [3.05, 3.63) is 35.6 Å². The first kappa shape index (κ1) is 18.6. The summed E-state index contributed by atoms with van der Waals surface area (Å²) in [6.07, 6.45) is 0.0631. The fraction of sp³-hybridized carbons (Fsp3) is 0.438. The van der Waals surface area contributed by atoms with Crippen LogP contribution in [0.3, 0.4) is 0 Å². The zero-order valence-corrected chi connectivity index (χ0v) is 13.3. The summed E-state index contributed by atoms with van der Waals surface area (Å²) in [6.45, 7) is 4.58. The highest BCUT2D eigenvalue weighted by molar-refractivity contribution is 5.90. The minimum absolute atomic E-state index is 0.0631. The number of hydrogen-bond acceptors (Lipinski definition) is 3. The minimum atomic E-state index is -1.15. The number of rotatable bonds is 7. The Kier molecular flexibility index (Phi) is 6.68. The second-order valence-corrected chi connectivity index (χ2v) is 5.66.